The molecule has 0 fully saturated rings. The summed E-state index contributed by atoms with van der Waals surface area (Å²) in [6, 6.07) is -2.61. The molecule has 0 heterocycles. The van der Waals surface area contributed by atoms with E-state index in [0.717, 1.165) is 56.3 Å². The van der Waals surface area contributed by atoms with Crippen LogP contribution in [0.1, 0.15) is 194 Å². The number of esters is 2. The quantitative estimate of drug-likeness (QED) is 0.0181. The first-order valence-corrected chi connectivity index (χ1v) is 22.8. The van der Waals surface area contributed by atoms with Crippen molar-refractivity contribution >= 4 is 42.7 Å². The van der Waals surface area contributed by atoms with Gasteiger partial charge in [-0.25, -0.2) is 0 Å². The van der Waals surface area contributed by atoms with Gasteiger partial charge in [0.2, 0.25) is 5.91 Å². The summed E-state index contributed by atoms with van der Waals surface area (Å²) in [6.45, 7) is 5.37. The Bertz CT molecular complexity index is 1040. The predicted octanol–water partition coefficient (Wildman–Crippen LogP) is 7.36. The maximum absolute atomic E-state index is 14.2. The summed E-state index contributed by atoms with van der Waals surface area (Å²) in [7, 11) is 0. The van der Waals surface area contributed by atoms with Crippen molar-refractivity contribution in [2.24, 2.45) is 11.5 Å². The van der Waals surface area contributed by atoms with Crippen LogP contribution in [-0.4, -0.2) is 89.4 Å². The van der Waals surface area contributed by atoms with Crippen molar-refractivity contribution in [2.45, 2.75) is 218 Å². The molecule has 13 heteroatoms. The van der Waals surface area contributed by atoms with Crippen LogP contribution in [-0.2, 0) is 33.4 Å². The Morgan fingerprint density at radius 2 is 1.16 bits per heavy atom. The maximum atomic E-state index is 14.2. The average molecular weight is 814 g/mol. The van der Waals surface area contributed by atoms with E-state index in [2.05, 4.69) is 31.8 Å². The molecule has 0 saturated carbocycles. The minimum Gasteiger partial charge on any atom is -0.455 e. The number of carbonyl (C=O) groups is 4. The second kappa shape index (κ2) is 35.9. The molecule has 0 aliphatic heterocycles. The summed E-state index contributed by atoms with van der Waals surface area (Å²) in [5.74, 6) is -3.02. The van der Waals surface area contributed by atoms with E-state index >= 15 is 0 Å². The summed E-state index contributed by atoms with van der Waals surface area (Å²) >= 11 is 4.04. The molecule has 0 aromatic carbocycles. The summed E-state index contributed by atoms with van der Waals surface area (Å²) in [4.78, 5) is 68.0. The third-order valence-electron chi connectivity index (χ3n) is 10.2. The van der Waals surface area contributed by atoms with Crippen molar-refractivity contribution in [1.82, 2.24) is 10.2 Å². The molecule has 56 heavy (non-hydrogen) atoms. The van der Waals surface area contributed by atoms with Gasteiger partial charge in [0.05, 0.1) is 12.6 Å². The molecule has 6 N–H and O–H groups in total. The molecular formula is C43H81N4O8S. The fourth-order valence-corrected chi connectivity index (χ4v) is 6.95. The summed E-state index contributed by atoms with van der Waals surface area (Å²) in [6.07, 6.45) is 25.2. The first-order valence-electron chi connectivity index (χ1n) is 22.2. The van der Waals surface area contributed by atoms with Crippen LogP contribution in [0.3, 0.4) is 0 Å². The van der Waals surface area contributed by atoms with Crippen LogP contribution in [0.5, 0.6) is 0 Å². The number of thiol groups is 1. The molecule has 1 unspecified atom stereocenters. The number of nitrogens with two attached hydrogens (primary N) is 2. The molecule has 0 aromatic rings. The van der Waals surface area contributed by atoms with Crippen molar-refractivity contribution < 1.29 is 38.6 Å². The van der Waals surface area contributed by atoms with Crippen LogP contribution in [0.25, 0.3) is 0 Å². The van der Waals surface area contributed by atoms with Gasteiger partial charge in [-0.2, -0.15) is 12.6 Å². The number of nitrogens with one attached hydrogen (secondary N) is 1. The first-order chi connectivity index (χ1) is 27.1. The number of nitrogens with zero attached hydrogens (tertiary/aromatic N) is 1. The Labute approximate surface area is 345 Å². The van der Waals surface area contributed by atoms with Crippen LogP contribution >= 0.6 is 12.6 Å². The molecule has 2 amide bonds. The van der Waals surface area contributed by atoms with Gasteiger partial charge in [-0.15, -0.1) is 0 Å². The van der Waals surface area contributed by atoms with Crippen molar-refractivity contribution in [3.8, 4) is 0 Å². The number of carbonyl (C=O) groups excluding carboxylic acids is 5. The number of hydrogen-bond acceptors (Lipinski definition) is 11. The van der Waals surface area contributed by atoms with Gasteiger partial charge in [0.15, 0.2) is 6.10 Å². The van der Waals surface area contributed by atoms with Crippen molar-refractivity contribution in [2.75, 3.05) is 25.4 Å². The normalized spacial score (nSPS) is 14.0. The van der Waals surface area contributed by atoms with Crippen molar-refractivity contribution in [3.63, 3.8) is 0 Å². The van der Waals surface area contributed by atoms with Crippen molar-refractivity contribution in [3.05, 3.63) is 0 Å². The predicted molar refractivity (Wildman–Crippen MR) is 228 cm³/mol. The van der Waals surface area contributed by atoms with Gasteiger partial charge in [0.1, 0.15) is 6.04 Å². The second-order valence-corrected chi connectivity index (χ2v) is 15.6. The highest BCUT2D eigenvalue weighted by molar-refractivity contribution is 7.80. The molecule has 0 saturated heterocycles. The Morgan fingerprint density at radius 1 is 0.714 bits per heavy atom. The van der Waals surface area contributed by atoms with E-state index in [1.165, 1.54) is 77.0 Å². The molecular weight excluding hydrogens is 733 g/mol. The smallest absolute Gasteiger partial charge is 0.308 e. The van der Waals surface area contributed by atoms with Crippen molar-refractivity contribution in [1.29, 1.82) is 0 Å². The Balaban J connectivity index is 5.96. The highest BCUT2D eigenvalue weighted by atomic mass is 32.1. The molecule has 1 radical (unpaired) electrons. The third kappa shape index (κ3) is 23.9. The van der Waals surface area contributed by atoms with Gasteiger partial charge in [0.25, 0.3) is 17.9 Å². The zero-order chi connectivity index (χ0) is 41.9. The summed E-state index contributed by atoms with van der Waals surface area (Å²) in [5, 5.41) is 12.6. The number of ether oxygens (including phenoxy) is 2. The molecule has 0 spiro atoms. The highest BCUT2D eigenvalue weighted by Gasteiger charge is 2.54. The van der Waals surface area contributed by atoms with E-state index in [9.17, 15) is 29.1 Å². The number of aliphatic hydroxyl groups excluding tert-OH is 1. The maximum Gasteiger partial charge on any atom is 0.308 e. The van der Waals surface area contributed by atoms with E-state index < -0.39 is 54.3 Å². The lowest BCUT2D eigenvalue weighted by molar-refractivity contribution is -0.206. The number of hydrogen-bond donors (Lipinski definition) is 5. The summed E-state index contributed by atoms with van der Waals surface area (Å²) in [5.41, 5.74) is 9.17. The van der Waals surface area contributed by atoms with Crippen LogP contribution in [0, 0.1) is 0 Å². The molecule has 12 nitrogen and oxygen atoms in total. The van der Waals surface area contributed by atoms with E-state index in [0.29, 0.717) is 19.3 Å². The van der Waals surface area contributed by atoms with E-state index in [1.807, 2.05) is 6.29 Å². The van der Waals surface area contributed by atoms with Crippen LogP contribution in [0.4, 0.5) is 0 Å². The van der Waals surface area contributed by atoms with Gasteiger partial charge < -0.3 is 31.4 Å². The van der Waals surface area contributed by atoms with E-state index in [4.69, 9.17) is 20.9 Å². The third-order valence-corrected chi connectivity index (χ3v) is 10.6. The Morgan fingerprint density at radius 3 is 1.55 bits per heavy atom. The second-order valence-electron chi connectivity index (χ2n) is 15.3. The van der Waals surface area contributed by atoms with Crippen LogP contribution < -0.4 is 16.8 Å². The van der Waals surface area contributed by atoms with Gasteiger partial charge in [-0.1, -0.05) is 149 Å². The SMILES string of the molecule is CCCCCCCCCCCCCC(=O)OC(CCCN)[C@]([C]=O)(OC(=O)CCCCCCCCCCCCC)N(CCC)C(=O)[C@H](CO)NC(=O)[C@@H](N)CS. The Hall–Kier alpha value is -2.22. The number of amides is 2. The van der Waals surface area contributed by atoms with Gasteiger partial charge in [-0.3, -0.25) is 28.9 Å². The molecule has 4 atom stereocenters. The fourth-order valence-electron chi connectivity index (χ4n) is 6.78. The molecule has 0 aliphatic carbocycles. The van der Waals surface area contributed by atoms with Crippen LogP contribution in [0.15, 0.2) is 0 Å². The first kappa shape index (κ1) is 53.8. The minimum atomic E-state index is -2.49. The zero-order valence-corrected chi connectivity index (χ0v) is 36.4. The van der Waals surface area contributed by atoms with Crippen LogP contribution in [0.2, 0.25) is 0 Å². The van der Waals surface area contributed by atoms with Gasteiger partial charge >= 0.3 is 11.9 Å². The largest absolute Gasteiger partial charge is 0.455 e. The van der Waals surface area contributed by atoms with Gasteiger partial charge in [-0.05, 0) is 38.6 Å². The molecule has 0 rings (SSSR count). The summed E-state index contributed by atoms with van der Waals surface area (Å²) < 4.78 is 11.9. The van der Waals surface area contributed by atoms with Gasteiger partial charge in [0, 0.05) is 25.1 Å². The number of rotatable bonds is 39. The minimum absolute atomic E-state index is 0.00433. The molecule has 0 aliphatic rings. The molecule has 0 aromatic heterocycles. The van der Waals surface area contributed by atoms with E-state index in [-0.39, 0.29) is 44.5 Å². The lowest BCUT2D eigenvalue weighted by atomic mass is 9.98. The zero-order valence-electron chi connectivity index (χ0n) is 35.5. The monoisotopic (exact) mass is 814 g/mol. The topological polar surface area (TPSA) is 191 Å². The number of unbranched alkanes of at least 4 members (excludes halogenated alkanes) is 20. The van der Waals surface area contributed by atoms with E-state index in [1.54, 1.807) is 6.92 Å². The molecule has 327 valence electrons. The lowest BCUT2D eigenvalue weighted by Crippen LogP contribution is -2.67. The number of aliphatic hydroxyl groups is 1. The standard InChI is InChI=1S/C43H81N4O8S/c1-4-7-9-11-13-15-17-19-21-23-25-29-39(50)54-38(28-27-31-44)43(35-49,47(32-6-3)42(53)37(33-48)46-41(52)36(45)34-56)55-40(51)30-26-24-22-20-18-16-14-12-10-8-5-2/h36-38,48,56H,4-34,44-45H2,1-3H3,(H,46,52)/t36-,37-,38?,43-/m0/s1. The lowest BCUT2D eigenvalue weighted by Gasteiger charge is -2.43. The Kier molecular flexibility index (Phi) is 34.5. The molecule has 0 bridgehead atoms. The average Bonchev–Trinajstić information content (AvgIpc) is 3.20. The highest BCUT2D eigenvalue weighted by Crippen LogP contribution is 2.29. The fraction of sp³-hybridized carbons (Fsp3) is 0.884.